The Morgan fingerprint density at radius 2 is 1.74 bits per heavy atom. The smallest absolute Gasteiger partial charge is 0.481 e. The van der Waals surface area contributed by atoms with Crippen LogP contribution in [0.15, 0.2) is 0 Å². The second-order valence-corrected chi connectivity index (χ2v) is 6.43. The topological polar surface area (TPSA) is 91.7 Å². The van der Waals surface area contributed by atoms with Crippen LogP contribution in [0.2, 0.25) is 0 Å². The normalized spacial score (nSPS) is 32.7. The van der Waals surface area contributed by atoms with Crippen molar-refractivity contribution in [2.24, 2.45) is 5.41 Å². The Morgan fingerprint density at radius 3 is 2.11 bits per heavy atom. The van der Waals surface area contributed by atoms with Crippen molar-refractivity contribution >= 4 is 17.8 Å². The van der Waals surface area contributed by atoms with Gasteiger partial charge in [-0.3, -0.25) is 9.59 Å². The lowest BCUT2D eigenvalue weighted by Crippen LogP contribution is -2.63. The van der Waals surface area contributed by atoms with Crippen molar-refractivity contribution in [2.45, 2.75) is 46.1 Å². The molecule has 1 fully saturated rings. The molecule has 0 bridgehead atoms. The Kier molecular flexibility index (Phi) is 3.78. The standard InChI is InChI=1S/C13H21NO5/c1-12(2,3)14(11(18)19)7-5-9(15)13(4,6-8-14)10(16)17/h5-8H2,1-4H3,(H-,16,17,18,19)/p+1. The van der Waals surface area contributed by atoms with Gasteiger partial charge in [0.1, 0.15) is 11.0 Å². The molecule has 0 aromatic carbocycles. The summed E-state index contributed by atoms with van der Waals surface area (Å²) in [5.74, 6) is -1.55. The third-order valence-electron chi connectivity index (χ3n) is 4.45. The van der Waals surface area contributed by atoms with Crippen molar-refractivity contribution in [1.82, 2.24) is 0 Å². The van der Waals surface area contributed by atoms with Gasteiger partial charge in [-0.05, 0) is 27.7 Å². The van der Waals surface area contributed by atoms with Gasteiger partial charge >= 0.3 is 12.1 Å². The van der Waals surface area contributed by atoms with Gasteiger partial charge in [-0.1, -0.05) is 0 Å². The highest BCUT2D eigenvalue weighted by Gasteiger charge is 2.54. The Labute approximate surface area is 112 Å². The fraction of sp³-hybridized carbons (Fsp3) is 0.769. The quantitative estimate of drug-likeness (QED) is 0.560. The van der Waals surface area contributed by atoms with E-state index in [0.29, 0.717) is 0 Å². The zero-order chi connectivity index (χ0) is 15.1. The molecule has 0 aromatic rings. The molecule has 1 aliphatic heterocycles. The van der Waals surface area contributed by atoms with Gasteiger partial charge in [0.2, 0.25) is 0 Å². The number of Topliss-reactive ketones (excluding diaryl/α,β-unsaturated/α-hetero) is 1. The Bertz CT molecular complexity index is 425. The largest absolute Gasteiger partial charge is 0.513 e. The molecule has 0 radical (unpaired) electrons. The van der Waals surface area contributed by atoms with E-state index >= 15 is 0 Å². The van der Waals surface area contributed by atoms with E-state index in [9.17, 15) is 24.6 Å². The molecule has 2 N–H and O–H groups in total. The van der Waals surface area contributed by atoms with Crippen LogP contribution in [0.25, 0.3) is 0 Å². The summed E-state index contributed by atoms with van der Waals surface area (Å²) < 4.78 is -0.276. The summed E-state index contributed by atoms with van der Waals surface area (Å²) in [7, 11) is 0. The van der Waals surface area contributed by atoms with E-state index in [1.807, 2.05) is 0 Å². The van der Waals surface area contributed by atoms with E-state index in [0.717, 1.165) is 0 Å². The minimum Gasteiger partial charge on any atom is -0.481 e. The van der Waals surface area contributed by atoms with Crippen LogP contribution in [-0.2, 0) is 9.59 Å². The second-order valence-electron chi connectivity index (χ2n) is 6.43. The Hall–Kier alpha value is -1.43. The monoisotopic (exact) mass is 272 g/mol. The van der Waals surface area contributed by atoms with Crippen LogP contribution in [0, 0.1) is 5.41 Å². The molecule has 1 rings (SSSR count). The number of amides is 1. The van der Waals surface area contributed by atoms with Crippen LogP contribution in [0.5, 0.6) is 0 Å². The van der Waals surface area contributed by atoms with E-state index in [-0.39, 0.29) is 36.2 Å². The number of carboxylic acid groups (broad SMARTS) is 2. The maximum atomic E-state index is 12.0. The average Bonchev–Trinajstić information content (AvgIpc) is 2.38. The maximum absolute atomic E-state index is 12.0. The molecule has 0 aromatic heterocycles. The lowest BCUT2D eigenvalue weighted by atomic mass is 9.82. The molecule has 0 aliphatic carbocycles. The third kappa shape index (κ3) is 2.36. The molecule has 2 atom stereocenters. The molecule has 6 nitrogen and oxygen atoms in total. The SMILES string of the molecule is CC1(C(=O)O)CC[N+](C(=O)O)(C(C)(C)C)CCC1=O. The second kappa shape index (κ2) is 4.59. The Balaban J connectivity index is 3.22. The van der Waals surface area contributed by atoms with Crippen LogP contribution >= 0.6 is 0 Å². The van der Waals surface area contributed by atoms with Gasteiger partial charge < -0.3 is 10.2 Å². The number of likely N-dealkylation sites (tertiary alicyclic amines) is 1. The van der Waals surface area contributed by atoms with Crippen LogP contribution < -0.4 is 0 Å². The molecule has 6 heteroatoms. The summed E-state index contributed by atoms with van der Waals surface area (Å²) in [5, 5.41) is 18.8. The zero-order valence-corrected chi connectivity index (χ0v) is 11.9. The van der Waals surface area contributed by atoms with Crippen molar-refractivity contribution in [3.63, 3.8) is 0 Å². The van der Waals surface area contributed by atoms with Crippen LogP contribution in [0.1, 0.15) is 40.5 Å². The van der Waals surface area contributed by atoms with Gasteiger partial charge in [-0.15, -0.1) is 0 Å². The molecule has 2 unspecified atom stereocenters. The molecule has 1 saturated heterocycles. The first-order chi connectivity index (χ1) is 8.47. The number of nitrogens with zero attached hydrogens (tertiary/aromatic N) is 1. The summed E-state index contributed by atoms with van der Waals surface area (Å²) >= 11 is 0. The number of carbonyl (C=O) groups is 3. The molecular formula is C13H22NO5+. The van der Waals surface area contributed by atoms with Crippen molar-refractivity contribution < 1.29 is 29.1 Å². The van der Waals surface area contributed by atoms with Crippen molar-refractivity contribution in [3.05, 3.63) is 0 Å². The predicted molar refractivity (Wildman–Crippen MR) is 67.8 cm³/mol. The third-order valence-corrected chi connectivity index (χ3v) is 4.45. The highest BCUT2D eigenvalue weighted by atomic mass is 16.4. The molecule has 108 valence electrons. The summed E-state index contributed by atoms with van der Waals surface area (Å²) in [5.41, 5.74) is -2.06. The van der Waals surface area contributed by atoms with E-state index < -0.39 is 23.0 Å². The molecule has 0 spiro atoms. The van der Waals surface area contributed by atoms with Crippen molar-refractivity contribution in [1.29, 1.82) is 0 Å². The number of hydrogen-bond acceptors (Lipinski definition) is 3. The van der Waals surface area contributed by atoms with Gasteiger partial charge in [-0.25, -0.2) is 4.48 Å². The lowest BCUT2D eigenvalue weighted by Gasteiger charge is -2.42. The predicted octanol–water partition coefficient (Wildman–Crippen LogP) is 1.73. The van der Waals surface area contributed by atoms with Crippen LogP contribution in [-0.4, -0.2) is 51.2 Å². The van der Waals surface area contributed by atoms with Gasteiger partial charge in [0, 0.05) is 6.42 Å². The van der Waals surface area contributed by atoms with E-state index in [1.165, 1.54) is 6.92 Å². The van der Waals surface area contributed by atoms with E-state index in [1.54, 1.807) is 20.8 Å². The summed E-state index contributed by atoms with van der Waals surface area (Å²) in [6.07, 6.45) is -0.980. The lowest BCUT2D eigenvalue weighted by molar-refractivity contribution is -0.902. The minimum atomic E-state index is -1.47. The van der Waals surface area contributed by atoms with Gasteiger partial charge in [0.15, 0.2) is 5.78 Å². The highest BCUT2D eigenvalue weighted by molar-refractivity contribution is 6.02. The van der Waals surface area contributed by atoms with Crippen molar-refractivity contribution in [3.8, 4) is 0 Å². The molecule has 19 heavy (non-hydrogen) atoms. The molecule has 1 amide bonds. The number of aliphatic carboxylic acids is 1. The summed E-state index contributed by atoms with van der Waals surface area (Å²) in [6, 6.07) is 0. The number of carboxylic acids is 1. The fourth-order valence-electron chi connectivity index (χ4n) is 2.61. The van der Waals surface area contributed by atoms with Crippen LogP contribution in [0.3, 0.4) is 0 Å². The van der Waals surface area contributed by atoms with Gasteiger partial charge in [-0.2, -0.15) is 4.79 Å². The Morgan fingerprint density at radius 1 is 1.21 bits per heavy atom. The van der Waals surface area contributed by atoms with E-state index in [2.05, 4.69) is 0 Å². The summed E-state index contributed by atoms with van der Waals surface area (Å²) in [6.45, 7) is 7.08. The number of carbonyl (C=O) groups excluding carboxylic acids is 1. The van der Waals surface area contributed by atoms with Gasteiger partial charge in [0.25, 0.3) is 0 Å². The molecule has 1 heterocycles. The first kappa shape index (κ1) is 15.6. The molecular weight excluding hydrogens is 250 g/mol. The average molecular weight is 272 g/mol. The number of rotatable bonds is 1. The maximum Gasteiger partial charge on any atom is 0.513 e. The summed E-state index contributed by atoms with van der Waals surface area (Å²) in [4.78, 5) is 35.0. The highest BCUT2D eigenvalue weighted by Crippen LogP contribution is 2.36. The minimum absolute atomic E-state index is 0.0215. The van der Waals surface area contributed by atoms with Gasteiger partial charge in [0.05, 0.1) is 19.5 Å². The number of hydrogen-bond donors (Lipinski definition) is 2. The van der Waals surface area contributed by atoms with Crippen LogP contribution in [0.4, 0.5) is 4.79 Å². The first-order valence-corrected chi connectivity index (χ1v) is 6.35. The van der Waals surface area contributed by atoms with Crippen molar-refractivity contribution in [2.75, 3.05) is 13.1 Å². The molecule has 1 aliphatic rings. The first-order valence-electron chi connectivity index (χ1n) is 6.35. The van der Waals surface area contributed by atoms with E-state index in [4.69, 9.17) is 0 Å². The fourth-order valence-corrected chi connectivity index (χ4v) is 2.61. The zero-order valence-electron chi connectivity index (χ0n) is 11.9. The number of ketones is 1. The number of quaternary nitrogens is 1. The molecule has 0 saturated carbocycles.